The normalized spacial score (nSPS) is 15.8. The molecule has 1 amide bonds. The van der Waals surface area contributed by atoms with Gasteiger partial charge in [-0.3, -0.25) is 4.79 Å². The smallest absolute Gasteiger partial charge is 0.249 e. The third kappa shape index (κ3) is 3.05. The van der Waals surface area contributed by atoms with Gasteiger partial charge in [0.25, 0.3) is 0 Å². The number of halogens is 2. The molecule has 3 rings (SSSR count). The highest BCUT2D eigenvalue weighted by Gasteiger charge is 2.27. The first-order valence-corrected chi connectivity index (χ1v) is 8.14. The predicted molar refractivity (Wildman–Crippen MR) is 87.0 cm³/mol. The van der Waals surface area contributed by atoms with Crippen LogP contribution in [-0.2, 0) is 4.79 Å². The van der Waals surface area contributed by atoms with Crippen molar-refractivity contribution in [3.63, 3.8) is 0 Å². The molecule has 0 spiro atoms. The number of hydrogen-bond acceptors (Lipinski definition) is 3. The van der Waals surface area contributed by atoms with E-state index in [9.17, 15) is 9.18 Å². The predicted octanol–water partition coefficient (Wildman–Crippen LogP) is 4.28. The molecule has 2 heterocycles. The average molecular weight is 337 g/mol. The van der Waals surface area contributed by atoms with Gasteiger partial charge in [-0.2, -0.15) is 5.10 Å². The molecular formula is C16H14ClFN2OS. The Labute approximate surface area is 137 Å². The van der Waals surface area contributed by atoms with Gasteiger partial charge in [0.2, 0.25) is 5.91 Å². The molecule has 2 aromatic rings. The van der Waals surface area contributed by atoms with Crippen molar-refractivity contribution in [2.75, 3.05) is 6.54 Å². The van der Waals surface area contributed by atoms with Crippen molar-refractivity contribution >= 4 is 34.6 Å². The summed E-state index contributed by atoms with van der Waals surface area (Å²) in [6.07, 6.45) is 0.721. The molecule has 0 fully saturated rings. The summed E-state index contributed by atoms with van der Waals surface area (Å²) >= 11 is 7.39. The minimum absolute atomic E-state index is 0.0794. The fourth-order valence-corrected chi connectivity index (χ4v) is 3.43. The van der Waals surface area contributed by atoms with Crippen LogP contribution in [0.1, 0.15) is 29.7 Å². The summed E-state index contributed by atoms with van der Waals surface area (Å²) in [7, 11) is 0. The van der Waals surface area contributed by atoms with Crippen molar-refractivity contribution in [1.29, 1.82) is 0 Å². The van der Waals surface area contributed by atoms with Gasteiger partial charge >= 0.3 is 0 Å². The molecule has 6 heteroatoms. The summed E-state index contributed by atoms with van der Waals surface area (Å²) < 4.78 is 13.7. The average Bonchev–Trinajstić information content (AvgIpc) is 3.15. The second-order valence-corrected chi connectivity index (χ2v) is 6.85. The Balaban J connectivity index is 1.75. The highest BCUT2D eigenvalue weighted by molar-refractivity contribution is 7.18. The molecule has 22 heavy (non-hydrogen) atoms. The zero-order valence-corrected chi connectivity index (χ0v) is 13.5. The van der Waals surface area contributed by atoms with Gasteiger partial charge in [-0.1, -0.05) is 23.7 Å². The Morgan fingerprint density at radius 1 is 1.32 bits per heavy atom. The van der Waals surface area contributed by atoms with Crippen LogP contribution in [0.4, 0.5) is 4.39 Å². The summed E-state index contributed by atoms with van der Waals surface area (Å²) in [6.45, 7) is 2.38. The number of rotatable bonds is 3. The van der Waals surface area contributed by atoms with Crippen LogP contribution in [0.15, 0.2) is 41.5 Å². The van der Waals surface area contributed by atoms with E-state index in [0.717, 1.165) is 22.6 Å². The lowest BCUT2D eigenvalue weighted by molar-refractivity contribution is -0.131. The molecule has 114 valence electrons. The minimum atomic E-state index is -0.351. The van der Waals surface area contributed by atoms with Gasteiger partial charge in [0.05, 0.1) is 27.4 Å². The van der Waals surface area contributed by atoms with Gasteiger partial charge < -0.3 is 0 Å². The second-order valence-electron chi connectivity index (χ2n) is 5.14. The number of thiophene rings is 1. The lowest BCUT2D eigenvalue weighted by atomic mass is 10.0. The van der Waals surface area contributed by atoms with Crippen LogP contribution in [0, 0.1) is 5.82 Å². The Morgan fingerprint density at radius 2 is 2.05 bits per heavy atom. The van der Waals surface area contributed by atoms with Gasteiger partial charge in [-0.15, -0.1) is 11.3 Å². The van der Waals surface area contributed by atoms with E-state index in [4.69, 9.17) is 11.6 Å². The number of nitrogens with zero attached hydrogens (tertiary/aromatic N) is 2. The van der Waals surface area contributed by atoms with E-state index >= 15 is 0 Å². The Bertz CT molecular complexity index is 726. The fourth-order valence-electron chi connectivity index (χ4n) is 2.38. The monoisotopic (exact) mass is 336 g/mol. The van der Waals surface area contributed by atoms with Crippen LogP contribution in [0.2, 0.25) is 4.34 Å². The van der Waals surface area contributed by atoms with E-state index in [1.165, 1.54) is 28.5 Å². The first-order chi connectivity index (χ1) is 10.5. The molecule has 1 aliphatic heterocycles. The molecule has 1 aromatic carbocycles. The van der Waals surface area contributed by atoms with E-state index in [0.29, 0.717) is 10.9 Å². The highest BCUT2D eigenvalue weighted by atomic mass is 35.5. The maximum atomic E-state index is 13.0. The Hall–Kier alpha value is -1.72. The van der Waals surface area contributed by atoms with Crippen LogP contribution in [0.5, 0.6) is 0 Å². The van der Waals surface area contributed by atoms with Gasteiger partial charge in [0.1, 0.15) is 5.82 Å². The molecule has 1 aromatic heterocycles. The maximum absolute atomic E-state index is 13.0. The van der Waals surface area contributed by atoms with E-state index in [1.807, 2.05) is 19.1 Å². The molecular weight excluding hydrogens is 323 g/mol. The van der Waals surface area contributed by atoms with Crippen molar-refractivity contribution in [2.45, 2.75) is 19.3 Å². The molecule has 1 atom stereocenters. The number of hydrazone groups is 1. The molecule has 0 N–H and O–H groups in total. The number of hydrogen-bond donors (Lipinski definition) is 0. The van der Waals surface area contributed by atoms with Crippen LogP contribution in [-0.4, -0.2) is 23.2 Å². The summed E-state index contributed by atoms with van der Waals surface area (Å²) in [5.74, 6) is -0.737. The molecule has 0 bridgehead atoms. The number of carbonyl (C=O) groups is 1. The van der Waals surface area contributed by atoms with E-state index in [1.54, 1.807) is 12.1 Å². The third-order valence-electron chi connectivity index (χ3n) is 3.65. The van der Waals surface area contributed by atoms with Crippen LogP contribution < -0.4 is 0 Å². The van der Waals surface area contributed by atoms with Crippen molar-refractivity contribution < 1.29 is 9.18 Å². The topological polar surface area (TPSA) is 32.7 Å². The zero-order chi connectivity index (χ0) is 15.7. The molecule has 0 aliphatic carbocycles. The van der Waals surface area contributed by atoms with Crippen molar-refractivity contribution in [3.8, 4) is 0 Å². The summed E-state index contributed by atoms with van der Waals surface area (Å²) in [6, 6.07) is 9.76. The Morgan fingerprint density at radius 3 is 2.68 bits per heavy atom. The Kier molecular flexibility index (Phi) is 4.27. The van der Waals surface area contributed by atoms with Gasteiger partial charge in [-0.25, -0.2) is 9.40 Å². The van der Waals surface area contributed by atoms with Crippen molar-refractivity contribution in [1.82, 2.24) is 5.01 Å². The summed E-state index contributed by atoms with van der Waals surface area (Å²) in [5, 5.41) is 5.91. The van der Waals surface area contributed by atoms with Gasteiger partial charge in [0, 0.05) is 6.42 Å². The van der Waals surface area contributed by atoms with Crippen molar-refractivity contribution in [2.24, 2.45) is 5.10 Å². The lowest BCUT2D eigenvalue weighted by Gasteiger charge is -2.17. The second kappa shape index (κ2) is 6.18. The van der Waals surface area contributed by atoms with Crippen LogP contribution >= 0.6 is 22.9 Å². The molecule has 0 radical (unpaired) electrons. The standard InChI is InChI=1S/C16H14ClFN2OS/c1-10(11-2-4-12(18)5-3-11)16(21)20-9-8-13(19-20)14-6-7-15(17)22-14/h2-7,10H,8-9H2,1H3. The van der Waals surface area contributed by atoms with Gasteiger partial charge in [0.15, 0.2) is 0 Å². The van der Waals surface area contributed by atoms with E-state index in [2.05, 4.69) is 5.10 Å². The highest BCUT2D eigenvalue weighted by Crippen LogP contribution is 2.27. The van der Waals surface area contributed by atoms with Crippen LogP contribution in [0.3, 0.4) is 0 Å². The molecule has 0 saturated carbocycles. The van der Waals surface area contributed by atoms with Crippen LogP contribution in [0.25, 0.3) is 0 Å². The summed E-state index contributed by atoms with van der Waals surface area (Å²) in [4.78, 5) is 13.5. The van der Waals surface area contributed by atoms with Crippen molar-refractivity contribution in [3.05, 3.63) is 57.0 Å². The maximum Gasteiger partial charge on any atom is 0.249 e. The fraction of sp³-hybridized carbons (Fsp3) is 0.250. The summed E-state index contributed by atoms with van der Waals surface area (Å²) in [5.41, 5.74) is 1.67. The number of amides is 1. The largest absolute Gasteiger partial charge is 0.272 e. The van der Waals surface area contributed by atoms with E-state index in [-0.39, 0.29) is 17.6 Å². The molecule has 0 saturated heterocycles. The third-order valence-corrected chi connectivity index (χ3v) is 4.93. The minimum Gasteiger partial charge on any atom is -0.272 e. The van der Waals surface area contributed by atoms with Gasteiger partial charge in [-0.05, 0) is 36.8 Å². The zero-order valence-electron chi connectivity index (χ0n) is 11.9. The lowest BCUT2D eigenvalue weighted by Crippen LogP contribution is -2.28. The first kappa shape index (κ1) is 15.2. The molecule has 1 unspecified atom stereocenters. The first-order valence-electron chi connectivity index (χ1n) is 6.94. The molecule has 1 aliphatic rings. The number of carbonyl (C=O) groups excluding carboxylic acids is 1. The SMILES string of the molecule is CC(C(=O)N1CCC(c2ccc(Cl)s2)=N1)c1ccc(F)cc1. The quantitative estimate of drug-likeness (QED) is 0.823. The number of benzene rings is 1. The molecule has 3 nitrogen and oxygen atoms in total. The van der Waals surface area contributed by atoms with E-state index < -0.39 is 0 Å².